The first-order chi connectivity index (χ1) is 10.3. The fourth-order valence-electron chi connectivity index (χ4n) is 1.96. The second-order valence-electron chi connectivity index (χ2n) is 5.05. The fourth-order valence-corrected chi connectivity index (χ4v) is 2.72. The predicted molar refractivity (Wildman–Crippen MR) is 91.2 cm³/mol. The van der Waals surface area contributed by atoms with E-state index in [0.29, 0.717) is 6.04 Å². The zero-order valence-corrected chi connectivity index (χ0v) is 14.4. The summed E-state index contributed by atoms with van der Waals surface area (Å²) in [5.41, 5.74) is 1.35. The van der Waals surface area contributed by atoms with Crippen LogP contribution in [0.3, 0.4) is 0 Å². The quantitative estimate of drug-likeness (QED) is 0.468. The first kappa shape index (κ1) is 18.5. The van der Waals surface area contributed by atoms with Crippen molar-refractivity contribution in [1.82, 2.24) is 5.32 Å². The molecule has 1 N–H and O–H groups in total. The number of thioether (sulfide) groups is 1. The molecule has 1 atom stereocenters. The van der Waals surface area contributed by atoms with E-state index in [1.54, 1.807) is 7.11 Å². The van der Waals surface area contributed by atoms with Crippen LogP contribution in [-0.2, 0) is 9.47 Å². The summed E-state index contributed by atoms with van der Waals surface area (Å²) in [6, 6.07) is 9.27. The molecular weight excluding hydrogens is 282 g/mol. The minimum atomic E-state index is 0.424. The molecule has 0 fully saturated rings. The lowest BCUT2D eigenvalue weighted by molar-refractivity contribution is 0.113. The Labute approximate surface area is 133 Å². The Kier molecular flexibility index (Phi) is 10.6. The summed E-state index contributed by atoms with van der Waals surface area (Å²) >= 11 is 1.85. The maximum Gasteiger partial charge on any atom is 0.0560 e. The zero-order chi connectivity index (χ0) is 15.3. The SMILES string of the molecule is CCCNC(C)c1ccc(SCCOCCCOC)cc1. The van der Waals surface area contributed by atoms with Crippen molar-refractivity contribution in [2.75, 3.05) is 39.2 Å². The van der Waals surface area contributed by atoms with Gasteiger partial charge in [0.2, 0.25) is 0 Å². The van der Waals surface area contributed by atoms with Gasteiger partial charge in [-0.15, -0.1) is 11.8 Å². The summed E-state index contributed by atoms with van der Waals surface area (Å²) in [7, 11) is 1.72. The van der Waals surface area contributed by atoms with Crippen LogP contribution in [0.15, 0.2) is 29.2 Å². The second-order valence-corrected chi connectivity index (χ2v) is 6.22. The van der Waals surface area contributed by atoms with Gasteiger partial charge in [-0.25, -0.2) is 0 Å². The van der Waals surface area contributed by atoms with Crippen LogP contribution < -0.4 is 5.32 Å². The highest BCUT2D eigenvalue weighted by molar-refractivity contribution is 7.99. The molecule has 0 aliphatic carbocycles. The summed E-state index contributed by atoms with van der Waals surface area (Å²) in [5.74, 6) is 0.996. The summed E-state index contributed by atoms with van der Waals surface area (Å²) < 4.78 is 10.5. The zero-order valence-electron chi connectivity index (χ0n) is 13.6. The number of hydrogen-bond acceptors (Lipinski definition) is 4. The van der Waals surface area contributed by atoms with E-state index < -0.39 is 0 Å². The Bertz CT molecular complexity index is 356. The molecule has 1 unspecified atom stereocenters. The van der Waals surface area contributed by atoms with Crippen LogP contribution in [0, 0.1) is 0 Å². The normalized spacial score (nSPS) is 12.5. The molecule has 0 bridgehead atoms. The van der Waals surface area contributed by atoms with Gasteiger partial charge in [0.25, 0.3) is 0 Å². The fraction of sp³-hybridized carbons (Fsp3) is 0.647. The van der Waals surface area contributed by atoms with Crippen LogP contribution in [0.1, 0.15) is 38.3 Å². The van der Waals surface area contributed by atoms with Crippen LogP contribution in [0.2, 0.25) is 0 Å². The van der Waals surface area contributed by atoms with Crippen LogP contribution in [0.5, 0.6) is 0 Å². The van der Waals surface area contributed by atoms with Crippen molar-refractivity contribution in [3.05, 3.63) is 29.8 Å². The first-order valence-corrected chi connectivity index (χ1v) is 8.79. The molecular formula is C17H29NO2S. The van der Waals surface area contributed by atoms with Crippen LogP contribution in [0.25, 0.3) is 0 Å². The Morgan fingerprint density at radius 1 is 1.14 bits per heavy atom. The van der Waals surface area contributed by atoms with Crippen LogP contribution in [0.4, 0.5) is 0 Å². The molecule has 0 heterocycles. The van der Waals surface area contributed by atoms with Gasteiger partial charge in [0, 0.05) is 37.0 Å². The van der Waals surface area contributed by atoms with Gasteiger partial charge >= 0.3 is 0 Å². The van der Waals surface area contributed by atoms with Gasteiger partial charge in [0.15, 0.2) is 0 Å². The van der Waals surface area contributed by atoms with Crippen molar-refractivity contribution in [3.8, 4) is 0 Å². The summed E-state index contributed by atoms with van der Waals surface area (Å²) in [6.45, 7) is 7.83. The molecule has 1 aromatic rings. The molecule has 0 aliphatic rings. The van der Waals surface area contributed by atoms with Crippen molar-refractivity contribution >= 4 is 11.8 Å². The molecule has 0 aromatic heterocycles. The lowest BCUT2D eigenvalue weighted by Gasteiger charge is -2.14. The van der Waals surface area contributed by atoms with Gasteiger partial charge < -0.3 is 14.8 Å². The molecule has 120 valence electrons. The Morgan fingerprint density at radius 3 is 2.57 bits per heavy atom. The number of hydrogen-bond donors (Lipinski definition) is 1. The van der Waals surface area contributed by atoms with E-state index in [9.17, 15) is 0 Å². The molecule has 1 aromatic carbocycles. The van der Waals surface area contributed by atoms with Gasteiger partial charge in [0.1, 0.15) is 0 Å². The van der Waals surface area contributed by atoms with Crippen molar-refractivity contribution in [2.24, 2.45) is 0 Å². The van der Waals surface area contributed by atoms with E-state index in [2.05, 4.69) is 43.4 Å². The van der Waals surface area contributed by atoms with E-state index in [4.69, 9.17) is 9.47 Å². The van der Waals surface area contributed by atoms with Gasteiger partial charge in [-0.1, -0.05) is 19.1 Å². The van der Waals surface area contributed by atoms with Crippen LogP contribution in [-0.4, -0.2) is 39.2 Å². The number of methoxy groups -OCH3 is 1. The molecule has 3 nitrogen and oxygen atoms in total. The molecule has 4 heteroatoms. The largest absolute Gasteiger partial charge is 0.385 e. The lowest BCUT2D eigenvalue weighted by Crippen LogP contribution is -2.19. The molecule has 1 rings (SSSR count). The molecule has 0 saturated carbocycles. The summed E-state index contributed by atoms with van der Waals surface area (Å²) in [5, 5.41) is 3.51. The molecule has 0 radical (unpaired) electrons. The van der Waals surface area contributed by atoms with Crippen molar-refractivity contribution < 1.29 is 9.47 Å². The molecule has 0 aliphatic heterocycles. The Balaban J connectivity index is 2.19. The second kappa shape index (κ2) is 12.0. The van der Waals surface area contributed by atoms with E-state index in [0.717, 1.165) is 38.5 Å². The maximum atomic E-state index is 5.55. The molecule has 0 saturated heterocycles. The van der Waals surface area contributed by atoms with Gasteiger partial charge in [0.05, 0.1) is 6.61 Å². The Hall–Kier alpha value is -0.550. The minimum absolute atomic E-state index is 0.424. The van der Waals surface area contributed by atoms with E-state index >= 15 is 0 Å². The van der Waals surface area contributed by atoms with E-state index in [1.165, 1.54) is 16.9 Å². The molecule has 0 spiro atoms. The van der Waals surface area contributed by atoms with Gasteiger partial charge in [-0.3, -0.25) is 0 Å². The number of nitrogens with one attached hydrogen (secondary N) is 1. The topological polar surface area (TPSA) is 30.5 Å². The third-order valence-electron chi connectivity index (χ3n) is 3.21. The lowest BCUT2D eigenvalue weighted by atomic mass is 10.1. The standard InChI is InChI=1S/C17H29NO2S/c1-4-10-18-15(2)16-6-8-17(9-7-16)21-14-13-20-12-5-11-19-3/h6-9,15,18H,4-5,10-14H2,1-3H3. The van der Waals surface area contributed by atoms with Crippen molar-refractivity contribution in [2.45, 2.75) is 37.6 Å². The summed E-state index contributed by atoms with van der Waals surface area (Å²) in [4.78, 5) is 1.31. The average molecular weight is 311 g/mol. The van der Waals surface area contributed by atoms with Gasteiger partial charge in [-0.05, 0) is 44.0 Å². The van der Waals surface area contributed by atoms with Gasteiger partial charge in [-0.2, -0.15) is 0 Å². The smallest absolute Gasteiger partial charge is 0.0560 e. The number of benzene rings is 1. The third kappa shape index (κ3) is 8.47. The summed E-state index contributed by atoms with van der Waals surface area (Å²) in [6.07, 6.45) is 2.14. The average Bonchev–Trinajstić information content (AvgIpc) is 2.52. The monoisotopic (exact) mass is 311 g/mol. The highest BCUT2D eigenvalue weighted by Gasteiger charge is 2.03. The van der Waals surface area contributed by atoms with Crippen molar-refractivity contribution in [3.63, 3.8) is 0 Å². The number of ether oxygens (including phenoxy) is 2. The van der Waals surface area contributed by atoms with Crippen LogP contribution >= 0.6 is 11.8 Å². The highest BCUT2D eigenvalue weighted by atomic mass is 32.2. The molecule has 21 heavy (non-hydrogen) atoms. The molecule has 0 amide bonds. The third-order valence-corrected chi connectivity index (χ3v) is 4.19. The minimum Gasteiger partial charge on any atom is -0.385 e. The Morgan fingerprint density at radius 2 is 1.90 bits per heavy atom. The van der Waals surface area contributed by atoms with E-state index in [1.807, 2.05) is 11.8 Å². The first-order valence-electron chi connectivity index (χ1n) is 7.80. The number of rotatable bonds is 12. The maximum absolute atomic E-state index is 5.55. The predicted octanol–water partition coefficient (Wildman–Crippen LogP) is 3.89. The highest BCUT2D eigenvalue weighted by Crippen LogP contribution is 2.21. The van der Waals surface area contributed by atoms with Crippen molar-refractivity contribution in [1.29, 1.82) is 0 Å². The van der Waals surface area contributed by atoms with E-state index in [-0.39, 0.29) is 0 Å².